The molecule has 1 heterocycles. The Labute approximate surface area is 77.7 Å². The molecule has 0 saturated heterocycles. The summed E-state index contributed by atoms with van der Waals surface area (Å²) in [6.45, 7) is 3.35. The number of rotatable bonds is 5. The van der Waals surface area contributed by atoms with E-state index in [1.165, 1.54) is 0 Å². The fourth-order valence-electron chi connectivity index (χ4n) is 1.05. The average molecular weight is 185 g/mol. The molecule has 0 N–H and O–H groups in total. The first-order valence-electron chi connectivity index (χ1n) is 4.19. The molecule has 0 aromatic carbocycles. The van der Waals surface area contributed by atoms with Gasteiger partial charge in [0.25, 0.3) is 0 Å². The van der Waals surface area contributed by atoms with E-state index in [1.807, 2.05) is 11.5 Å². The van der Waals surface area contributed by atoms with Gasteiger partial charge in [-0.3, -0.25) is 0 Å². The molecule has 1 atom stereocenters. The van der Waals surface area contributed by atoms with Gasteiger partial charge in [0.05, 0.1) is 6.61 Å². The lowest BCUT2D eigenvalue weighted by atomic mass is 10.4. The third-order valence-corrected chi connectivity index (χ3v) is 1.90. The van der Waals surface area contributed by atoms with Gasteiger partial charge in [0.15, 0.2) is 5.82 Å². The Kier molecular flexibility index (Phi) is 3.85. The Morgan fingerprint density at radius 3 is 2.92 bits per heavy atom. The minimum absolute atomic E-state index is 0.0284. The fourth-order valence-corrected chi connectivity index (χ4v) is 1.05. The molecule has 0 spiro atoms. The van der Waals surface area contributed by atoms with Crippen molar-refractivity contribution in [2.75, 3.05) is 20.8 Å². The smallest absolute Gasteiger partial charge is 0.161 e. The van der Waals surface area contributed by atoms with E-state index >= 15 is 0 Å². The third-order valence-electron chi connectivity index (χ3n) is 1.90. The second-order valence-electron chi connectivity index (χ2n) is 2.75. The van der Waals surface area contributed by atoms with Crippen molar-refractivity contribution in [2.24, 2.45) is 0 Å². The highest BCUT2D eigenvalue weighted by Crippen LogP contribution is 2.11. The van der Waals surface area contributed by atoms with Crippen molar-refractivity contribution >= 4 is 0 Å². The van der Waals surface area contributed by atoms with E-state index in [9.17, 15) is 0 Å². The van der Waals surface area contributed by atoms with Crippen molar-refractivity contribution in [1.82, 2.24) is 14.8 Å². The van der Waals surface area contributed by atoms with Gasteiger partial charge < -0.3 is 14.0 Å². The number of ether oxygens (including phenoxy) is 2. The van der Waals surface area contributed by atoms with Crippen LogP contribution in [0.3, 0.4) is 0 Å². The van der Waals surface area contributed by atoms with E-state index in [0.29, 0.717) is 6.61 Å². The van der Waals surface area contributed by atoms with Crippen LogP contribution in [-0.2, 0) is 16.0 Å². The highest BCUT2D eigenvalue weighted by molar-refractivity contribution is 4.89. The molecule has 5 nitrogen and oxygen atoms in total. The minimum atomic E-state index is -0.0284. The molecule has 1 rings (SSSR count). The topological polar surface area (TPSA) is 49.2 Å². The summed E-state index contributed by atoms with van der Waals surface area (Å²) in [7, 11) is 3.32. The number of methoxy groups -OCH3 is 2. The number of hydrogen-bond donors (Lipinski definition) is 0. The molecule has 0 fully saturated rings. The van der Waals surface area contributed by atoms with Crippen LogP contribution in [0.15, 0.2) is 6.33 Å². The van der Waals surface area contributed by atoms with Gasteiger partial charge in [0.1, 0.15) is 12.4 Å². The molecule has 0 amide bonds. The maximum Gasteiger partial charge on any atom is 0.161 e. The van der Waals surface area contributed by atoms with Gasteiger partial charge >= 0.3 is 0 Å². The predicted molar refractivity (Wildman–Crippen MR) is 47.3 cm³/mol. The number of aromatic nitrogens is 3. The zero-order valence-corrected chi connectivity index (χ0v) is 8.23. The summed E-state index contributed by atoms with van der Waals surface area (Å²) in [5.41, 5.74) is 0. The Hall–Kier alpha value is -0.940. The lowest BCUT2D eigenvalue weighted by Gasteiger charge is -2.10. The largest absolute Gasteiger partial charge is 0.383 e. The summed E-state index contributed by atoms with van der Waals surface area (Å²) in [6, 6.07) is 0. The molecule has 1 aromatic rings. The average Bonchev–Trinajstić information content (AvgIpc) is 2.61. The maximum atomic E-state index is 5.15. The molecule has 74 valence electrons. The van der Waals surface area contributed by atoms with Crippen LogP contribution in [0.1, 0.15) is 18.9 Å². The monoisotopic (exact) mass is 185 g/mol. The van der Waals surface area contributed by atoms with Gasteiger partial charge in [-0.1, -0.05) is 0 Å². The van der Waals surface area contributed by atoms with Crippen molar-refractivity contribution in [3.63, 3.8) is 0 Å². The molecule has 13 heavy (non-hydrogen) atoms. The van der Waals surface area contributed by atoms with Gasteiger partial charge in [-0.15, -0.1) is 10.2 Å². The molecule has 0 saturated carbocycles. The van der Waals surface area contributed by atoms with Crippen molar-refractivity contribution in [2.45, 2.75) is 19.6 Å². The zero-order chi connectivity index (χ0) is 9.68. The summed E-state index contributed by atoms with van der Waals surface area (Å²) in [5.74, 6) is 0.833. The van der Waals surface area contributed by atoms with E-state index < -0.39 is 0 Å². The Morgan fingerprint density at radius 2 is 2.31 bits per heavy atom. The van der Waals surface area contributed by atoms with Crippen LogP contribution in [0, 0.1) is 0 Å². The second-order valence-corrected chi connectivity index (χ2v) is 2.75. The third kappa shape index (κ3) is 2.50. The predicted octanol–water partition coefficient (Wildman–Crippen LogP) is 0.632. The summed E-state index contributed by atoms with van der Waals surface area (Å²) >= 11 is 0. The van der Waals surface area contributed by atoms with Crippen LogP contribution in [0.25, 0.3) is 0 Å². The molecular formula is C8H15N3O2. The second kappa shape index (κ2) is 4.94. The molecule has 1 unspecified atom stereocenters. The molecule has 0 aliphatic heterocycles. The quantitative estimate of drug-likeness (QED) is 0.675. The number of nitrogens with zero attached hydrogens (tertiary/aromatic N) is 3. The SMILES string of the molecule is COCCn1cnnc1C(C)OC. The van der Waals surface area contributed by atoms with Crippen LogP contribution in [0.2, 0.25) is 0 Å². The zero-order valence-electron chi connectivity index (χ0n) is 8.23. The first-order chi connectivity index (χ1) is 6.29. The van der Waals surface area contributed by atoms with E-state index in [-0.39, 0.29) is 6.10 Å². The molecule has 5 heteroatoms. The lowest BCUT2D eigenvalue weighted by molar-refractivity contribution is 0.105. The van der Waals surface area contributed by atoms with Crippen LogP contribution in [0.4, 0.5) is 0 Å². The lowest BCUT2D eigenvalue weighted by Crippen LogP contribution is -2.10. The van der Waals surface area contributed by atoms with Gasteiger partial charge in [0.2, 0.25) is 0 Å². The van der Waals surface area contributed by atoms with E-state index in [4.69, 9.17) is 9.47 Å². The Morgan fingerprint density at radius 1 is 1.54 bits per heavy atom. The molecule has 1 aromatic heterocycles. The minimum Gasteiger partial charge on any atom is -0.383 e. The fraction of sp³-hybridized carbons (Fsp3) is 0.750. The molecule has 0 radical (unpaired) electrons. The first-order valence-corrected chi connectivity index (χ1v) is 4.19. The van der Waals surface area contributed by atoms with Crippen LogP contribution >= 0.6 is 0 Å². The van der Waals surface area contributed by atoms with Crippen molar-refractivity contribution in [3.05, 3.63) is 12.2 Å². The molecule has 0 bridgehead atoms. The summed E-state index contributed by atoms with van der Waals surface area (Å²) in [4.78, 5) is 0. The van der Waals surface area contributed by atoms with E-state index in [1.54, 1.807) is 20.5 Å². The molecular weight excluding hydrogens is 170 g/mol. The maximum absolute atomic E-state index is 5.15. The summed E-state index contributed by atoms with van der Waals surface area (Å²) < 4.78 is 12.0. The standard InChI is InChI=1S/C8H15N3O2/c1-7(13-3)8-10-9-6-11(8)4-5-12-2/h6-7H,4-5H2,1-3H3. The summed E-state index contributed by atoms with van der Waals surface area (Å²) in [6.07, 6.45) is 1.66. The highest BCUT2D eigenvalue weighted by atomic mass is 16.5. The van der Waals surface area contributed by atoms with Crippen LogP contribution < -0.4 is 0 Å². The molecule has 0 aliphatic rings. The van der Waals surface area contributed by atoms with Crippen molar-refractivity contribution in [1.29, 1.82) is 0 Å². The van der Waals surface area contributed by atoms with Gasteiger partial charge in [-0.25, -0.2) is 0 Å². The Balaban J connectivity index is 2.65. The van der Waals surface area contributed by atoms with E-state index in [2.05, 4.69) is 10.2 Å². The van der Waals surface area contributed by atoms with Crippen molar-refractivity contribution in [3.8, 4) is 0 Å². The molecule has 0 aliphatic carbocycles. The Bertz CT molecular complexity index is 249. The van der Waals surface area contributed by atoms with Crippen LogP contribution in [-0.4, -0.2) is 35.6 Å². The van der Waals surface area contributed by atoms with E-state index in [0.717, 1.165) is 12.4 Å². The normalized spacial score (nSPS) is 13.2. The van der Waals surface area contributed by atoms with Crippen LogP contribution in [0.5, 0.6) is 0 Å². The number of hydrogen-bond acceptors (Lipinski definition) is 4. The van der Waals surface area contributed by atoms with Gasteiger partial charge in [-0.2, -0.15) is 0 Å². The highest BCUT2D eigenvalue weighted by Gasteiger charge is 2.11. The summed E-state index contributed by atoms with van der Waals surface area (Å²) in [5, 5.41) is 7.79. The van der Waals surface area contributed by atoms with Crippen molar-refractivity contribution < 1.29 is 9.47 Å². The van der Waals surface area contributed by atoms with Gasteiger partial charge in [0, 0.05) is 20.8 Å². The first kappa shape index (κ1) is 10.1. The van der Waals surface area contributed by atoms with Gasteiger partial charge in [-0.05, 0) is 6.92 Å².